The number of aromatic amines is 1. The zero-order valence-electron chi connectivity index (χ0n) is 14.4. The summed E-state index contributed by atoms with van der Waals surface area (Å²) >= 11 is 2.99. The first kappa shape index (κ1) is 17.8. The molecule has 132 valence electrons. The molecule has 3 rings (SSSR count). The number of thiophene rings is 1. The van der Waals surface area contributed by atoms with Gasteiger partial charge in [-0.05, 0) is 36.6 Å². The number of hydrogen-bond acceptors (Lipinski definition) is 7. The maximum Gasteiger partial charge on any atom is 0.336 e. The number of carbonyl (C=O) groups is 1. The first-order valence-corrected chi connectivity index (χ1v) is 9.71. The average Bonchev–Trinajstić information content (AvgIpc) is 2.99. The van der Waals surface area contributed by atoms with Crippen LogP contribution >= 0.6 is 23.1 Å². The molecular formula is C17H19N3O3S2. The van der Waals surface area contributed by atoms with Gasteiger partial charge in [0.25, 0.3) is 5.56 Å². The highest BCUT2D eigenvalue weighted by Gasteiger charge is 2.37. The molecule has 2 aromatic rings. The number of allylic oxidation sites excluding steroid dienone is 1. The lowest BCUT2D eigenvalue weighted by Crippen LogP contribution is -2.30. The van der Waals surface area contributed by atoms with Gasteiger partial charge in [-0.2, -0.15) is 0 Å². The average molecular weight is 377 g/mol. The third kappa shape index (κ3) is 3.11. The van der Waals surface area contributed by atoms with Crippen molar-refractivity contribution in [3.63, 3.8) is 0 Å². The Morgan fingerprint density at radius 2 is 2.20 bits per heavy atom. The van der Waals surface area contributed by atoms with Crippen molar-refractivity contribution in [2.75, 3.05) is 18.2 Å². The first-order valence-electron chi connectivity index (χ1n) is 7.85. The molecule has 6 nitrogen and oxygen atoms in total. The van der Waals surface area contributed by atoms with E-state index in [2.05, 4.69) is 15.3 Å². The standard InChI is InChI=1S/C17H19N3O3S2/c1-5-24-17-19-14-12(15(21)20-17)11(13-8(2)6-7-25-13)10(9(3)18-14)16(22)23-4/h6-7,11H,5H2,1-4H3,(H2,18,19,20,21)/t11-/m1/s1. The molecule has 0 radical (unpaired) electrons. The molecular weight excluding hydrogens is 358 g/mol. The predicted molar refractivity (Wildman–Crippen MR) is 100 cm³/mol. The lowest BCUT2D eigenvalue weighted by Gasteiger charge is -2.28. The lowest BCUT2D eigenvalue weighted by molar-refractivity contribution is -0.136. The van der Waals surface area contributed by atoms with Crippen molar-refractivity contribution in [2.45, 2.75) is 31.8 Å². The summed E-state index contributed by atoms with van der Waals surface area (Å²) in [5.74, 6) is 0.375. The fourth-order valence-corrected chi connectivity index (χ4v) is 4.60. The van der Waals surface area contributed by atoms with Gasteiger partial charge in [0, 0.05) is 10.6 Å². The summed E-state index contributed by atoms with van der Waals surface area (Å²) in [5.41, 5.74) is 2.35. The number of thioether (sulfide) groups is 1. The molecule has 8 heteroatoms. The van der Waals surface area contributed by atoms with Gasteiger partial charge >= 0.3 is 5.97 Å². The summed E-state index contributed by atoms with van der Waals surface area (Å²) < 4.78 is 4.98. The molecule has 0 amide bonds. The van der Waals surface area contributed by atoms with E-state index in [9.17, 15) is 9.59 Å². The van der Waals surface area contributed by atoms with Gasteiger partial charge in [-0.15, -0.1) is 11.3 Å². The molecule has 0 spiro atoms. The number of carbonyl (C=O) groups excluding carboxylic acids is 1. The van der Waals surface area contributed by atoms with Crippen LogP contribution in [0, 0.1) is 6.92 Å². The second-order valence-electron chi connectivity index (χ2n) is 5.62. The van der Waals surface area contributed by atoms with Crippen LogP contribution in [-0.4, -0.2) is 28.8 Å². The van der Waals surface area contributed by atoms with Gasteiger partial charge in [0.1, 0.15) is 5.82 Å². The van der Waals surface area contributed by atoms with Gasteiger partial charge in [-0.3, -0.25) is 4.79 Å². The zero-order chi connectivity index (χ0) is 18.1. The van der Waals surface area contributed by atoms with Crippen molar-refractivity contribution < 1.29 is 9.53 Å². The second-order valence-corrected chi connectivity index (χ2v) is 7.82. The summed E-state index contributed by atoms with van der Waals surface area (Å²) in [4.78, 5) is 33.6. The third-order valence-corrected chi connectivity index (χ3v) is 5.91. The fraction of sp³-hybridized carbons (Fsp3) is 0.353. The molecule has 2 aromatic heterocycles. The van der Waals surface area contributed by atoms with Crippen LogP contribution in [0.5, 0.6) is 0 Å². The molecule has 0 aromatic carbocycles. The van der Waals surface area contributed by atoms with Crippen molar-refractivity contribution in [3.05, 3.63) is 49.1 Å². The Morgan fingerprint density at radius 1 is 1.44 bits per heavy atom. The first-order chi connectivity index (χ1) is 12.0. The predicted octanol–water partition coefficient (Wildman–Crippen LogP) is 3.26. The Hall–Kier alpha value is -2.06. The number of nitrogens with zero attached hydrogens (tertiary/aromatic N) is 1. The van der Waals surface area contributed by atoms with E-state index in [4.69, 9.17) is 4.74 Å². The number of ether oxygens (including phenoxy) is 1. The molecule has 25 heavy (non-hydrogen) atoms. The highest BCUT2D eigenvalue weighted by Crippen LogP contribution is 2.42. The normalized spacial score (nSPS) is 16.4. The van der Waals surface area contributed by atoms with Crippen LogP contribution in [0.4, 0.5) is 5.82 Å². The Bertz CT molecular complexity index is 914. The molecule has 0 saturated heterocycles. The Labute approximate surface area is 153 Å². The van der Waals surface area contributed by atoms with Crippen LogP contribution in [0.2, 0.25) is 0 Å². The van der Waals surface area contributed by atoms with Crippen LogP contribution in [0.15, 0.2) is 32.7 Å². The zero-order valence-corrected chi connectivity index (χ0v) is 16.1. The van der Waals surface area contributed by atoms with E-state index in [1.807, 2.05) is 25.3 Å². The van der Waals surface area contributed by atoms with Gasteiger partial charge < -0.3 is 15.0 Å². The second kappa shape index (κ2) is 7.05. The maximum absolute atomic E-state index is 12.8. The van der Waals surface area contributed by atoms with E-state index in [0.717, 1.165) is 16.2 Å². The Kier molecular flexibility index (Phi) is 5.01. The molecule has 0 saturated carbocycles. The minimum absolute atomic E-state index is 0.236. The third-order valence-electron chi connectivity index (χ3n) is 4.07. The number of rotatable bonds is 4. The summed E-state index contributed by atoms with van der Waals surface area (Å²) in [7, 11) is 1.35. The quantitative estimate of drug-likeness (QED) is 0.483. The number of nitrogens with one attached hydrogen (secondary N) is 2. The van der Waals surface area contributed by atoms with Crippen LogP contribution < -0.4 is 10.9 Å². The minimum atomic E-state index is -0.486. The van der Waals surface area contributed by atoms with Gasteiger partial charge in [-0.1, -0.05) is 18.7 Å². The van der Waals surface area contributed by atoms with Crippen molar-refractivity contribution in [3.8, 4) is 0 Å². The molecule has 1 aliphatic rings. The number of fused-ring (bicyclic) bond motifs is 1. The van der Waals surface area contributed by atoms with Gasteiger partial charge in [0.05, 0.1) is 24.2 Å². The number of aryl methyl sites for hydroxylation is 1. The summed E-state index contributed by atoms with van der Waals surface area (Å²) in [6, 6.07) is 1.98. The summed E-state index contributed by atoms with van der Waals surface area (Å²) in [6.45, 7) is 5.78. The van der Waals surface area contributed by atoms with E-state index in [1.54, 1.807) is 6.92 Å². The summed E-state index contributed by atoms with van der Waals surface area (Å²) in [6.07, 6.45) is 0. The van der Waals surface area contributed by atoms with Gasteiger partial charge in [-0.25, -0.2) is 9.78 Å². The molecule has 0 aliphatic carbocycles. The van der Waals surface area contributed by atoms with Crippen molar-refractivity contribution >= 4 is 34.9 Å². The number of anilines is 1. The van der Waals surface area contributed by atoms with E-state index in [1.165, 1.54) is 30.2 Å². The highest BCUT2D eigenvalue weighted by atomic mass is 32.2. The molecule has 1 aliphatic heterocycles. The van der Waals surface area contributed by atoms with Gasteiger partial charge in [0.15, 0.2) is 5.16 Å². The Balaban J connectivity index is 2.27. The van der Waals surface area contributed by atoms with Crippen molar-refractivity contribution in [2.24, 2.45) is 0 Å². The van der Waals surface area contributed by atoms with E-state index >= 15 is 0 Å². The van der Waals surface area contributed by atoms with E-state index < -0.39 is 11.9 Å². The van der Waals surface area contributed by atoms with Crippen molar-refractivity contribution in [1.29, 1.82) is 0 Å². The van der Waals surface area contributed by atoms with Crippen LogP contribution in [0.25, 0.3) is 0 Å². The molecule has 1 atom stereocenters. The lowest BCUT2D eigenvalue weighted by atomic mass is 9.85. The smallest absolute Gasteiger partial charge is 0.336 e. The molecule has 0 fully saturated rings. The maximum atomic E-state index is 12.8. The van der Waals surface area contributed by atoms with Crippen LogP contribution in [0.1, 0.15) is 35.8 Å². The SMILES string of the molecule is CCSc1nc2c(c(=O)[nH]1)[C@H](c1sccc1C)C(C(=O)OC)=C(C)N2. The van der Waals surface area contributed by atoms with Gasteiger partial charge in [0.2, 0.25) is 0 Å². The number of H-pyrrole nitrogens is 1. The number of aromatic nitrogens is 2. The van der Waals surface area contributed by atoms with Crippen LogP contribution in [0.3, 0.4) is 0 Å². The van der Waals surface area contributed by atoms with E-state index in [-0.39, 0.29) is 5.56 Å². The highest BCUT2D eigenvalue weighted by molar-refractivity contribution is 7.99. The molecule has 3 heterocycles. The topological polar surface area (TPSA) is 84.1 Å². The number of hydrogen-bond donors (Lipinski definition) is 2. The molecule has 0 bridgehead atoms. The minimum Gasteiger partial charge on any atom is -0.466 e. The van der Waals surface area contributed by atoms with Crippen LogP contribution in [-0.2, 0) is 9.53 Å². The number of methoxy groups -OCH3 is 1. The van der Waals surface area contributed by atoms with E-state index in [0.29, 0.717) is 27.8 Å². The molecule has 0 unspecified atom stereocenters. The Morgan fingerprint density at radius 3 is 2.80 bits per heavy atom. The fourth-order valence-electron chi connectivity index (χ4n) is 2.96. The summed E-state index contributed by atoms with van der Waals surface area (Å²) in [5, 5.41) is 5.64. The van der Waals surface area contributed by atoms with Crippen molar-refractivity contribution in [1.82, 2.24) is 9.97 Å². The molecule has 2 N–H and O–H groups in total. The number of esters is 1. The monoisotopic (exact) mass is 377 g/mol. The largest absolute Gasteiger partial charge is 0.466 e.